The van der Waals surface area contributed by atoms with Gasteiger partial charge in [0.15, 0.2) is 5.69 Å². The Kier molecular flexibility index (Phi) is 4.38. The number of benzene rings is 1. The maximum atomic E-state index is 12.6. The minimum atomic E-state index is -1.03. The molecule has 1 unspecified atom stereocenters. The molecular weight excluding hydrogens is 306 g/mol. The highest BCUT2D eigenvalue weighted by Gasteiger charge is 2.29. The van der Waals surface area contributed by atoms with Gasteiger partial charge in [0, 0.05) is 11.3 Å². The second kappa shape index (κ2) is 6.47. The minimum Gasteiger partial charge on any atom is -0.480 e. The van der Waals surface area contributed by atoms with Gasteiger partial charge in [-0.25, -0.2) is 9.48 Å². The monoisotopic (exact) mass is 327 g/mol. The van der Waals surface area contributed by atoms with Gasteiger partial charge in [-0.2, -0.15) is 5.10 Å². The second-order valence-corrected chi connectivity index (χ2v) is 6.10. The van der Waals surface area contributed by atoms with Crippen molar-refractivity contribution in [2.24, 2.45) is 0 Å². The number of hydrogen-bond donors (Lipinski definition) is 2. The lowest BCUT2D eigenvalue weighted by Crippen LogP contribution is -2.40. The molecule has 6 heteroatoms. The van der Waals surface area contributed by atoms with Crippen LogP contribution in [0.4, 0.5) is 0 Å². The first-order valence-electron chi connectivity index (χ1n) is 8.23. The van der Waals surface area contributed by atoms with Crippen molar-refractivity contribution in [3.63, 3.8) is 0 Å². The smallest absolute Gasteiger partial charge is 0.326 e. The molecule has 2 N–H and O–H groups in total. The van der Waals surface area contributed by atoms with Crippen LogP contribution in [0.25, 0.3) is 5.69 Å². The molecule has 1 heterocycles. The topological polar surface area (TPSA) is 84.2 Å². The van der Waals surface area contributed by atoms with E-state index in [1.807, 2.05) is 35.9 Å². The number of para-hydroxylation sites is 1. The average molecular weight is 327 g/mol. The van der Waals surface area contributed by atoms with E-state index in [1.54, 1.807) is 6.92 Å². The van der Waals surface area contributed by atoms with E-state index in [4.69, 9.17) is 5.11 Å². The van der Waals surface area contributed by atoms with Crippen LogP contribution >= 0.6 is 0 Å². The van der Waals surface area contributed by atoms with Crippen molar-refractivity contribution >= 4 is 11.9 Å². The van der Waals surface area contributed by atoms with Crippen LogP contribution < -0.4 is 5.32 Å². The van der Waals surface area contributed by atoms with Crippen molar-refractivity contribution < 1.29 is 14.7 Å². The van der Waals surface area contributed by atoms with E-state index in [1.165, 1.54) is 0 Å². The first-order chi connectivity index (χ1) is 11.5. The van der Waals surface area contributed by atoms with E-state index in [2.05, 4.69) is 10.4 Å². The van der Waals surface area contributed by atoms with E-state index in [0.717, 1.165) is 41.8 Å². The number of nitrogens with zero attached hydrogens (tertiary/aromatic N) is 2. The van der Waals surface area contributed by atoms with Crippen LogP contribution in [-0.2, 0) is 17.6 Å². The highest BCUT2D eigenvalue weighted by molar-refractivity contribution is 5.96. The number of carbonyl (C=O) groups is 2. The number of amides is 1. The zero-order chi connectivity index (χ0) is 17.3. The summed E-state index contributed by atoms with van der Waals surface area (Å²) in [6.45, 7) is 3.74. The third-order valence-corrected chi connectivity index (χ3v) is 4.50. The Morgan fingerprint density at radius 1 is 1.33 bits per heavy atom. The number of hydrogen-bond acceptors (Lipinski definition) is 3. The van der Waals surface area contributed by atoms with Crippen LogP contribution in [0, 0.1) is 6.92 Å². The molecule has 0 radical (unpaired) electrons. The molecular formula is C18H21N3O3. The summed E-state index contributed by atoms with van der Waals surface area (Å²) in [7, 11) is 0. The summed E-state index contributed by atoms with van der Waals surface area (Å²) >= 11 is 0. The van der Waals surface area contributed by atoms with Crippen LogP contribution in [0.5, 0.6) is 0 Å². The van der Waals surface area contributed by atoms with Crippen LogP contribution in [0.15, 0.2) is 24.3 Å². The molecule has 1 aromatic heterocycles. The van der Waals surface area contributed by atoms with Crippen molar-refractivity contribution in [3.05, 3.63) is 46.8 Å². The van der Waals surface area contributed by atoms with Gasteiger partial charge in [0.05, 0.1) is 5.69 Å². The third kappa shape index (κ3) is 2.79. The lowest BCUT2D eigenvalue weighted by atomic mass is 10.1. The van der Waals surface area contributed by atoms with Gasteiger partial charge in [0.2, 0.25) is 0 Å². The molecule has 24 heavy (non-hydrogen) atoms. The first-order valence-corrected chi connectivity index (χ1v) is 8.23. The molecule has 0 aliphatic heterocycles. The summed E-state index contributed by atoms with van der Waals surface area (Å²) in [5, 5.41) is 16.2. The fraction of sp³-hybridized carbons (Fsp3) is 0.389. The lowest BCUT2D eigenvalue weighted by Gasteiger charge is -2.11. The summed E-state index contributed by atoms with van der Waals surface area (Å²) in [5.74, 6) is -1.43. The molecule has 0 saturated carbocycles. The molecule has 1 aliphatic rings. The van der Waals surface area contributed by atoms with Crippen LogP contribution in [0.1, 0.15) is 47.1 Å². The lowest BCUT2D eigenvalue weighted by molar-refractivity contribution is -0.139. The van der Waals surface area contributed by atoms with Crippen molar-refractivity contribution in [3.8, 4) is 5.69 Å². The highest BCUT2D eigenvalue weighted by Crippen LogP contribution is 2.28. The molecule has 2 aromatic rings. The van der Waals surface area contributed by atoms with Gasteiger partial charge in [-0.1, -0.05) is 25.1 Å². The molecule has 3 rings (SSSR count). The molecule has 0 spiro atoms. The number of fused-ring (bicyclic) bond motifs is 1. The number of aryl methyl sites for hydroxylation is 1. The van der Waals surface area contributed by atoms with Crippen LogP contribution in [-0.4, -0.2) is 32.8 Å². The first kappa shape index (κ1) is 16.2. The Morgan fingerprint density at radius 2 is 2.08 bits per heavy atom. The number of rotatable bonds is 5. The molecule has 0 saturated heterocycles. The summed E-state index contributed by atoms with van der Waals surface area (Å²) in [6.07, 6.45) is 2.99. The molecule has 126 valence electrons. The predicted molar refractivity (Wildman–Crippen MR) is 89.5 cm³/mol. The minimum absolute atomic E-state index is 0.335. The highest BCUT2D eigenvalue weighted by atomic mass is 16.4. The van der Waals surface area contributed by atoms with Gasteiger partial charge >= 0.3 is 5.97 Å². The zero-order valence-corrected chi connectivity index (χ0v) is 13.9. The fourth-order valence-corrected chi connectivity index (χ4v) is 3.19. The second-order valence-electron chi connectivity index (χ2n) is 6.10. The van der Waals surface area contributed by atoms with E-state index < -0.39 is 17.9 Å². The Bertz CT molecular complexity index is 795. The van der Waals surface area contributed by atoms with Crippen molar-refractivity contribution in [1.29, 1.82) is 0 Å². The Hall–Kier alpha value is -2.63. The summed E-state index contributed by atoms with van der Waals surface area (Å²) in [5.41, 5.74) is 4.39. The summed E-state index contributed by atoms with van der Waals surface area (Å²) in [6, 6.07) is 7.01. The molecule has 0 fully saturated rings. The van der Waals surface area contributed by atoms with Gasteiger partial charge in [-0.05, 0) is 44.2 Å². The normalized spacial score (nSPS) is 14.2. The molecule has 1 atom stereocenters. The van der Waals surface area contributed by atoms with Crippen molar-refractivity contribution in [2.75, 3.05) is 0 Å². The molecule has 6 nitrogen and oxygen atoms in total. The Balaban J connectivity index is 1.99. The molecule has 1 amide bonds. The van der Waals surface area contributed by atoms with Crippen molar-refractivity contribution in [2.45, 2.75) is 45.6 Å². The van der Waals surface area contributed by atoms with Crippen molar-refractivity contribution in [1.82, 2.24) is 15.1 Å². The van der Waals surface area contributed by atoms with Crippen LogP contribution in [0.3, 0.4) is 0 Å². The quantitative estimate of drug-likeness (QED) is 0.882. The number of carboxylic acid groups (broad SMARTS) is 1. The van der Waals surface area contributed by atoms with Gasteiger partial charge in [0.25, 0.3) is 5.91 Å². The SMILES string of the molecule is CCC(NC(=O)c1nn(-c2ccccc2C)c2c1CCC2)C(=O)O. The molecule has 1 aromatic carbocycles. The Morgan fingerprint density at radius 3 is 2.75 bits per heavy atom. The molecule has 0 bridgehead atoms. The number of aliphatic carboxylic acids is 1. The van der Waals surface area contributed by atoms with E-state index >= 15 is 0 Å². The predicted octanol–water partition coefficient (Wildman–Crippen LogP) is 2.26. The average Bonchev–Trinajstić information content (AvgIpc) is 3.15. The maximum Gasteiger partial charge on any atom is 0.326 e. The van der Waals surface area contributed by atoms with E-state index in [9.17, 15) is 9.59 Å². The largest absolute Gasteiger partial charge is 0.480 e. The fourth-order valence-electron chi connectivity index (χ4n) is 3.19. The summed E-state index contributed by atoms with van der Waals surface area (Å²) < 4.78 is 1.84. The number of aromatic nitrogens is 2. The van der Waals surface area contributed by atoms with Gasteiger partial charge in [-0.3, -0.25) is 4.79 Å². The number of nitrogens with one attached hydrogen (secondary N) is 1. The van der Waals surface area contributed by atoms with Crippen LogP contribution in [0.2, 0.25) is 0 Å². The van der Waals surface area contributed by atoms with Gasteiger partial charge in [0.1, 0.15) is 6.04 Å². The number of carboxylic acids is 1. The maximum absolute atomic E-state index is 12.6. The zero-order valence-electron chi connectivity index (χ0n) is 13.9. The third-order valence-electron chi connectivity index (χ3n) is 4.50. The van der Waals surface area contributed by atoms with E-state index in [-0.39, 0.29) is 0 Å². The Labute approximate surface area is 140 Å². The standard InChI is InChI=1S/C18H21N3O3/c1-3-13(18(23)24)19-17(22)16-12-8-6-10-15(12)21(20-16)14-9-5-4-7-11(14)2/h4-5,7,9,13H,3,6,8,10H2,1-2H3,(H,19,22)(H,23,24). The molecule has 1 aliphatic carbocycles. The number of carbonyl (C=O) groups excluding carboxylic acids is 1. The van der Waals surface area contributed by atoms with Gasteiger partial charge < -0.3 is 10.4 Å². The van der Waals surface area contributed by atoms with E-state index in [0.29, 0.717) is 12.1 Å². The van der Waals surface area contributed by atoms with Gasteiger partial charge in [-0.15, -0.1) is 0 Å². The summed E-state index contributed by atoms with van der Waals surface area (Å²) in [4.78, 5) is 23.7.